The Balaban J connectivity index is 1.68. The van der Waals surface area contributed by atoms with Crippen molar-refractivity contribution in [1.29, 1.82) is 0 Å². The lowest BCUT2D eigenvalue weighted by Crippen LogP contribution is -2.12. The highest BCUT2D eigenvalue weighted by atomic mass is 79.9. The molecule has 8 nitrogen and oxygen atoms in total. The SMILES string of the molecule is CCNc1ccc(-c2c3c(nn2C2=C(Br)CCC=C2)-c2cc(NC(C)=O)nn2CC3)cn1. The Morgan fingerprint density at radius 1 is 1.22 bits per heavy atom. The van der Waals surface area contributed by atoms with Crippen molar-refractivity contribution in [2.24, 2.45) is 0 Å². The van der Waals surface area contributed by atoms with E-state index in [1.54, 1.807) is 0 Å². The first-order valence-electron chi connectivity index (χ1n) is 10.8. The number of carbonyl (C=O) groups excluding carboxylic acids is 1. The van der Waals surface area contributed by atoms with Crippen LogP contribution in [0.15, 0.2) is 41.0 Å². The summed E-state index contributed by atoms with van der Waals surface area (Å²) in [5.74, 6) is 1.26. The van der Waals surface area contributed by atoms with E-state index < -0.39 is 0 Å². The number of nitrogens with one attached hydrogen (secondary N) is 2. The van der Waals surface area contributed by atoms with Crippen LogP contribution in [0.4, 0.5) is 11.6 Å². The molecule has 1 aliphatic heterocycles. The zero-order chi connectivity index (χ0) is 22.2. The van der Waals surface area contributed by atoms with Gasteiger partial charge in [0, 0.05) is 47.9 Å². The molecule has 1 aliphatic carbocycles. The van der Waals surface area contributed by atoms with Crippen LogP contribution < -0.4 is 10.6 Å². The van der Waals surface area contributed by atoms with E-state index in [0.29, 0.717) is 5.82 Å². The van der Waals surface area contributed by atoms with Crippen molar-refractivity contribution in [1.82, 2.24) is 24.5 Å². The monoisotopic (exact) mass is 493 g/mol. The van der Waals surface area contributed by atoms with E-state index in [1.165, 1.54) is 6.92 Å². The van der Waals surface area contributed by atoms with Crippen molar-refractivity contribution in [3.8, 4) is 22.6 Å². The van der Waals surface area contributed by atoms with E-state index in [4.69, 9.17) is 5.10 Å². The van der Waals surface area contributed by atoms with Crippen LogP contribution in [0.25, 0.3) is 28.3 Å². The Kier molecular flexibility index (Phi) is 5.42. The van der Waals surface area contributed by atoms with Gasteiger partial charge in [-0.2, -0.15) is 10.2 Å². The Bertz CT molecular complexity index is 1250. The smallest absolute Gasteiger partial charge is 0.222 e. The van der Waals surface area contributed by atoms with E-state index >= 15 is 0 Å². The van der Waals surface area contributed by atoms with E-state index in [1.807, 2.05) is 27.7 Å². The third-order valence-electron chi connectivity index (χ3n) is 5.59. The van der Waals surface area contributed by atoms with E-state index in [9.17, 15) is 4.79 Å². The molecule has 9 heteroatoms. The standard InChI is InChI=1S/C23H24BrN7O/c1-3-25-20-9-8-15(13-26-20)23-16-10-11-30-19(12-21(28-30)27-14(2)32)22(16)29-31(23)18-7-5-4-6-17(18)24/h5,7-9,12-13H,3-4,6,10-11H2,1-2H3,(H,25,26)(H,27,28,32). The Morgan fingerprint density at radius 3 is 2.81 bits per heavy atom. The molecule has 1 amide bonds. The number of aromatic nitrogens is 5. The van der Waals surface area contributed by atoms with E-state index in [2.05, 4.69) is 61.8 Å². The van der Waals surface area contributed by atoms with Gasteiger partial charge in [-0.05, 0) is 44.4 Å². The molecule has 0 aromatic carbocycles. The molecule has 4 heterocycles. The quantitative estimate of drug-likeness (QED) is 0.538. The second-order valence-electron chi connectivity index (χ2n) is 7.85. The van der Waals surface area contributed by atoms with Gasteiger partial charge in [-0.1, -0.05) is 22.0 Å². The third kappa shape index (κ3) is 3.66. The third-order valence-corrected chi connectivity index (χ3v) is 6.39. The number of allylic oxidation sites excluding steroid dienone is 4. The maximum Gasteiger partial charge on any atom is 0.222 e. The minimum absolute atomic E-state index is 0.139. The predicted octanol–water partition coefficient (Wildman–Crippen LogP) is 4.67. The van der Waals surface area contributed by atoms with E-state index in [-0.39, 0.29) is 5.91 Å². The number of aryl methyl sites for hydroxylation is 1. The van der Waals surface area contributed by atoms with Crippen molar-refractivity contribution in [3.63, 3.8) is 0 Å². The van der Waals surface area contributed by atoms with Gasteiger partial charge in [0.2, 0.25) is 5.91 Å². The van der Waals surface area contributed by atoms with Crippen molar-refractivity contribution >= 4 is 39.2 Å². The molecule has 164 valence electrons. The molecule has 0 saturated heterocycles. The minimum atomic E-state index is -0.139. The number of hydrogen-bond donors (Lipinski definition) is 2. The second kappa shape index (κ2) is 8.38. The van der Waals surface area contributed by atoms with Gasteiger partial charge < -0.3 is 10.6 Å². The topological polar surface area (TPSA) is 89.7 Å². The normalized spacial score (nSPS) is 14.8. The average molecular weight is 494 g/mol. The van der Waals surface area contributed by atoms with Crippen LogP contribution in [0, 0.1) is 0 Å². The highest BCUT2D eigenvalue weighted by molar-refractivity contribution is 9.11. The highest BCUT2D eigenvalue weighted by Crippen LogP contribution is 2.40. The summed E-state index contributed by atoms with van der Waals surface area (Å²) in [6.45, 7) is 5.09. The zero-order valence-electron chi connectivity index (χ0n) is 18.0. The Morgan fingerprint density at radius 2 is 2.09 bits per heavy atom. The molecule has 0 fully saturated rings. The summed E-state index contributed by atoms with van der Waals surface area (Å²) in [6.07, 6.45) is 8.94. The number of pyridine rings is 1. The molecule has 0 unspecified atom stereocenters. The zero-order valence-corrected chi connectivity index (χ0v) is 19.6. The van der Waals surface area contributed by atoms with Gasteiger partial charge in [0.1, 0.15) is 11.5 Å². The first kappa shape index (κ1) is 20.7. The van der Waals surface area contributed by atoms with Crippen LogP contribution in [-0.4, -0.2) is 37.0 Å². The molecule has 2 aliphatic rings. The van der Waals surface area contributed by atoms with Crippen LogP contribution in [0.2, 0.25) is 0 Å². The number of amides is 1. The second-order valence-corrected chi connectivity index (χ2v) is 8.81. The number of rotatable bonds is 5. The molecule has 0 saturated carbocycles. The van der Waals surface area contributed by atoms with Gasteiger partial charge in [0.25, 0.3) is 0 Å². The summed E-state index contributed by atoms with van der Waals surface area (Å²) in [5.41, 5.74) is 6.05. The average Bonchev–Trinajstić information content (AvgIpc) is 3.35. The van der Waals surface area contributed by atoms with Crippen LogP contribution in [0.5, 0.6) is 0 Å². The fraction of sp³-hybridized carbons (Fsp3) is 0.304. The van der Waals surface area contributed by atoms with Crippen LogP contribution >= 0.6 is 15.9 Å². The summed E-state index contributed by atoms with van der Waals surface area (Å²) in [7, 11) is 0. The molecule has 3 aromatic rings. The number of anilines is 2. The molecule has 3 aromatic heterocycles. The number of hydrogen-bond acceptors (Lipinski definition) is 5. The van der Waals surface area contributed by atoms with Gasteiger partial charge in [0.15, 0.2) is 5.82 Å². The molecule has 0 bridgehead atoms. The lowest BCUT2D eigenvalue weighted by atomic mass is 10.00. The number of fused-ring (bicyclic) bond motifs is 3. The van der Waals surface area contributed by atoms with Gasteiger partial charge in [-0.15, -0.1) is 0 Å². The Hall–Kier alpha value is -3.20. The summed E-state index contributed by atoms with van der Waals surface area (Å²) >= 11 is 3.76. The Labute approximate surface area is 194 Å². The fourth-order valence-corrected chi connectivity index (χ4v) is 4.76. The largest absolute Gasteiger partial charge is 0.370 e. The van der Waals surface area contributed by atoms with Gasteiger partial charge >= 0.3 is 0 Å². The fourth-order valence-electron chi connectivity index (χ4n) is 4.23. The molecule has 0 atom stereocenters. The number of halogens is 1. The highest BCUT2D eigenvalue weighted by Gasteiger charge is 2.29. The number of carbonyl (C=O) groups is 1. The van der Waals surface area contributed by atoms with Crippen LogP contribution in [0.3, 0.4) is 0 Å². The van der Waals surface area contributed by atoms with Crippen molar-refractivity contribution in [2.45, 2.75) is 39.7 Å². The summed E-state index contributed by atoms with van der Waals surface area (Å²) in [4.78, 5) is 16.1. The lowest BCUT2D eigenvalue weighted by molar-refractivity contribution is -0.114. The van der Waals surface area contributed by atoms with E-state index in [0.717, 1.165) is 76.6 Å². The van der Waals surface area contributed by atoms with Crippen molar-refractivity contribution < 1.29 is 4.79 Å². The lowest BCUT2D eigenvalue weighted by Gasteiger charge is -2.16. The van der Waals surface area contributed by atoms with Crippen molar-refractivity contribution in [3.05, 3.63) is 46.6 Å². The molecule has 0 radical (unpaired) electrons. The summed E-state index contributed by atoms with van der Waals surface area (Å²) in [5, 5.41) is 15.6. The van der Waals surface area contributed by atoms with Gasteiger partial charge in [-0.3, -0.25) is 9.48 Å². The van der Waals surface area contributed by atoms with Gasteiger partial charge in [-0.25, -0.2) is 9.67 Å². The van der Waals surface area contributed by atoms with Crippen molar-refractivity contribution in [2.75, 3.05) is 17.2 Å². The summed E-state index contributed by atoms with van der Waals surface area (Å²) < 4.78 is 5.07. The maximum atomic E-state index is 11.5. The molecular formula is C23H24BrN7O. The molecule has 5 rings (SSSR count). The van der Waals surface area contributed by atoms with Gasteiger partial charge in [0.05, 0.1) is 17.1 Å². The molecule has 32 heavy (non-hydrogen) atoms. The maximum absolute atomic E-state index is 11.5. The minimum Gasteiger partial charge on any atom is -0.370 e. The molecule has 2 N–H and O–H groups in total. The summed E-state index contributed by atoms with van der Waals surface area (Å²) in [6, 6.07) is 5.99. The number of nitrogens with zero attached hydrogens (tertiary/aromatic N) is 5. The molecular weight excluding hydrogens is 470 g/mol. The first-order valence-corrected chi connectivity index (χ1v) is 11.6. The molecule has 0 spiro atoms. The predicted molar refractivity (Wildman–Crippen MR) is 129 cm³/mol. The van der Waals surface area contributed by atoms with Crippen LogP contribution in [-0.2, 0) is 17.8 Å². The first-order chi connectivity index (χ1) is 15.5. The van der Waals surface area contributed by atoms with Crippen LogP contribution in [0.1, 0.15) is 32.3 Å².